The number of nitrogens with zero attached hydrogens (tertiary/aromatic N) is 1. The molecule has 114 valence electrons. The maximum absolute atomic E-state index is 12.3. The average Bonchev–Trinajstić information content (AvgIpc) is 3.06. The van der Waals surface area contributed by atoms with E-state index in [2.05, 4.69) is 10.0 Å². The molecule has 1 aliphatic rings. The van der Waals surface area contributed by atoms with Gasteiger partial charge in [0.05, 0.1) is 4.90 Å². The van der Waals surface area contributed by atoms with Gasteiger partial charge in [-0.3, -0.25) is 0 Å². The number of hydrogen-bond acceptors (Lipinski definition) is 4. The van der Waals surface area contributed by atoms with Crippen LogP contribution in [0.4, 0.5) is 0 Å². The molecule has 0 spiro atoms. The molecule has 1 aromatic rings. The number of sulfonamides is 1. The van der Waals surface area contributed by atoms with E-state index in [1.807, 2.05) is 30.3 Å². The third kappa shape index (κ3) is 3.78. The van der Waals surface area contributed by atoms with E-state index in [0.717, 1.165) is 30.2 Å². The number of nitrogens with one attached hydrogen (secondary N) is 2. The molecule has 20 heavy (non-hydrogen) atoms. The minimum atomic E-state index is -3.39. The zero-order valence-corrected chi connectivity index (χ0v) is 13.7. The van der Waals surface area contributed by atoms with Crippen molar-refractivity contribution < 1.29 is 8.42 Å². The Kier molecular flexibility index (Phi) is 5.54. The van der Waals surface area contributed by atoms with Gasteiger partial charge in [-0.2, -0.15) is 11.8 Å². The lowest BCUT2D eigenvalue weighted by atomic mass is 10.1. The van der Waals surface area contributed by atoms with Crippen LogP contribution in [0.5, 0.6) is 0 Å². The van der Waals surface area contributed by atoms with E-state index in [1.165, 1.54) is 0 Å². The Morgan fingerprint density at radius 3 is 2.90 bits per heavy atom. The first-order valence-corrected chi connectivity index (χ1v) is 9.61. The van der Waals surface area contributed by atoms with Crippen LogP contribution in [0.3, 0.4) is 0 Å². The molecule has 0 bridgehead atoms. The molecule has 2 N–H and O–H groups in total. The SMILES string of the molecule is CCn1cc(S(=O)(=O)NCC2CCSC2)cc1CNC. The minimum absolute atomic E-state index is 0.371. The molecule has 5 nitrogen and oxygen atoms in total. The van der Waals surface area contributed by atoms with Gasteiger partial charge < -0.3 is 9.88 Å². The van der Waals surface area contributed by atoms with Gasteiger partial charge in [-0.05, 0) is 43.9 Å². The van der Waals surface area contributed by atoms with Crippen molar-refractivity contribution in [2.45, 2.75) is 31.3 Å². The van der Waals surface area contributed by atoms with E-state index in [4.69, 9.17) is 0 Å². The van der Waals surface area contributed by atoms with Gasteiger partial charge >= 0.3 is 0 Å². The van der Waals surface area contributed by atoms with Crippen molar-refractivity contribution in [3.63, 3.8) is 0 Å². The van der Waals surface area contributed by atoms with Crippen molar-refractivity contribution in [2.75, 3.05) is 25.1 Å². The molecule has 0 aliphatic carbocycles. The summed E-state index contributed by atoms with van der Waals surface area (Å²) in [7, 11) is -1.53. The second-order valence-corrected chi connectivity index (χ2v) is 7.98. The Balaban J connectivity index is 2.07. The lowest BCUT2D eigenvalue weighted by Gasteiger charge is -2.09. The quantitative estimate of drug-likeness (QED) is 0.795. The molecule has 1 aliphatic heterocycles. The van der Waals surface area contributed by atoms with Gasteiger partial charge in [0, 0.05) is 31.5 Å². The molecule has 1 saturated heterocycles. The molecule has 7 heteroatoms. The smallest absolute Gasteiger partial charge is 0.242 e. The van der Waals surface area contributed by atoms with Crippen LogP contribution in [0.15, 0.2) is 17.2 Å². The summed E-state index contributed by atoms with van der Waals surface area (Å²) in [6.07, 6.45) is 2.83. The maximum Gasteiger partial charge on any atom is 0.242 e. The molecule has 2 heterocycles. The highest BCUT2D eigenvalue weighted by atomic mass is 32.2. The molecule has 0 radical (unpaired) electrons. The molecular formula is C13H23N3O2S2. The second-order valence-electron chi connectivity index (χ2n) is 5.07. The van der Waals surface area contributed by atoms with Crippen LogP contribution >= 0.6 is 11.8 Å². The fraction of sp³-hybridized carbons (Fsp3) is 0.692. The van der Waals surface area contributed by atoms with E-state index in [-0.39, 0.29) is 0 Å². The van der Waals surface area contributed by atoms with Crippen LogP contribution in [-0.2, 0) is 23.1 Å². The van der Waals surface area contributed by atoms with Crippen molar-refractivity contribution in [3.8, 4) is 0 Å². The highest BCUT2D eigenvalue weighted by molar-refractivity contribution is 7.99. The predicted octanol–water partition coefficient (Wildman–Crippen LogP) is 1.26. The Labute approximate surface area is 125 Å². The van der Waals surface area contributed by atoms with Crippen molar-refractivity contribution in [3.05, 3.63) is 18.0 Å². The summed E-state index contributed by atoms with van der Waals surface area (Å²) >= 11 is 1.90. The van der Waals surface area contributed by atoms with Crippen LogP contribution in [0.1, 0.15) is 19.0 Å². The van der Waals surface area contributed by atoms with Gasteiger partial charge in [-0.1, -0.05) is 0 Å². The van der Waals surface area contributed by atoms with Crippen LogP contribution in [0.25, 0.3) is 0 Å². The zero-order valence-electron chi connectivity index (χ0n) is 12.1. The molecule has 2 rings (SSSR count). The van der Waals surface area contributed by atoms with Crippen molar-refractivity contribution in [1.29, 1.82) is 0 Å². The Bertz CT molecular complexity index is 534. The van der Waals surface area contributed by atoms with Gasteiger partial charge in [-0.25, -0.2) is 13.1 Å². The summed E-state index contributed by atoms with van der Waals surface area (Å²) in [5, 5.41) is 3.06. The standard InChI is InChI=1S/C13H23N3O2S2/c1-3-16-9-13(6-12(16)8-14-2)20(17,18)15-7-11-4-5-19-10-11/h6,9,11,14-15H,3-5,7-8,10H2,1-2H3. The molecule has 1 fully saturated rings. The highest BCUT2D eigenvalue weighted by Gasteiger charge is 2.21. The molecule has 0 saturated carbocycles. The molecule has 0 aromatic carbocycles. The van der Waals surface area contributed by atoms with E-state index in [9.17, 15) is 8.42 Å². The lowest BCUT2D eigenvalue weighted by Crippen LogP contribution is -2.29. The number of thioether (sulfide) groups is 1. The molecule has 0 amide bonds. The first kappa shape index (κ1) is 15.9. The summed E-state index contributed by atoms with van der Waals surface area (Å²) in [4.78, 5) is 0.371. The van der Waals surface area contributed by atoms with Crippen LogP contribution in [-0.4, -0.2) is 38.1 Å². The second kappa shape index (κ2) is 6.98. The van der Waals surface area contributed by atoms with Gasteiger partial charge in [0.1, 0.15) is 0 Å². The fourth-order valence-electron chi connectivity index (χ4n) is 2.35. The summed E-state index contributed by atoms with van der Waals surface area (Å²) in [6.45, 7) is 4.00. The normalized spacial score (nSPS) is 19.6. The van der Waals surface area contributed by atoms with E-state index in [1.54, 1.807) is 12.3 Å². The van der Waals surface area contributed by atoms with Crippen molar-refractivity contribution >= 4 is 21.8 Å². The Hall–Kier alpha value is -0.500. The van der Waals surface area contributed by atoms with Crippen LogP contribution < -0.4 is 10.0 Å². The summed E-state index contributed by atoms with van der Waals surface area (Å²) in [6, 6.07) is 1.76. The van der Waals surface area contributed by atoms with E-state index < -0.39 is 10.0 Å². The van der Waals surface area contributed by atoms with Crippen LogP contribution in [0.2, 0.25) is 0 Å². The number of hydrogen-bond donors (Lipinski definition) is 2. The molecule has 1 unspecified atom stereocenters. The number of rotatable bonds is 7. The topological polar surface area (TPSA) is 63.1 Å². The lowest BCUT2D eigenvalue weighted by molar-refractivity contribution is 0.545. The first-order valence-electron chi connectivity index (χ1n) is 6.98. The molecular weight excluding hydrogens is 294 g/mol. The molecule has 1 aromatic heterocycles. The van der Waals surface area contributed by atoms with Gasteiger partial charge in [0.25, 0.3) is 0 Å². The van der Waals surface area contributed by atoms with E-state index in [0.29, 0.717) is 23.9 Å². The van der Waals surface area contributed by atoms with Gasteiger partial charge in [0.2, 0.25) is 10.0 Å². The van der Waals surface area contributed by atoms with Crippen molar-refractivity contribution in [1.82, 2.24) is 14.6 Å². The van der Waals surface area contributed by atoms with Gasteiger partial charge in [-0.15, -0.1) is 0 Å². The fourth-order valence-corrected chi connectivity index (χ4v) is 4.81. The van der Waals surface area contributed by atoms with Crippen LogP contribution in [0, 0.1) is 5.92 Å². The Morgan fingerprint density at radius 1 is 1.50 bits per heavy atom. The number of aryl methyl sites for hydroxylation is 1. The zero-order chi connectivity index (χ0) is 14.6. The largest absolute Gasteiger partial charge is 0.349 e. The summed E-state index contributed by atoms with van der Waals surface area (Å²) < 4.78 is 29.4. The first-order chi connectivity index (χ1) is 9.56. The monoisotopic (exact) mass is 317 g/mol. The summed E-state index contributed by atoms with van der Waals surface area (Å²) in [5.74, 6) is 2.67. The van der Waals surface area contributed by atoms with E-state index >= 15 is 0 Å². The third-order valence-electron chi connectivity index (χ3n) is 3.56. The van der Waals surface area contributed by atoms with Gasteiger partial charge in [0.15, 0.2) is 0 Å². The minimum Gasteiger partial charge on any atom is -0.349 e. The number of aromatic nitrogens is 1. The highest BCUT2D eigenvalue weighted by Crippen LogP contribution is 2.23. The maximum atomic E-state index is 12.3. The average molecular weight is 317 g/mol. The molecule has 1 atom stereocenters. The predicted molar refractivity (Wildman–Crippen MR) is 83.5 cm³/mol. The van der Waals surface area contributed by atoms with Crippen molar-refractivity contribution in [2.24, 2.45) is 5.92 Å². The Morgan fingerprint density at radius 2 is 2.30 bits per heavy atom. The summed E-state index contributed by atoms with van der Waals surface area (Å²) in [5.41, 5.74) is 0.992. The third-order valence-corrected chi connectivity index (χ3v) is 6.18.